The molecule has 0 aliphatic heterocycles. The molecule has 1 fully saturated rings. The van der Waals surface area contributed by atoms with Crippen LogP contribution in [-0.2, 0) is 0 Å². The van der Waals surface area contributed by atoms with Crippen LogP contribution in [0.1, 0.15) is 48.0 Å². The van der Waals surface area contributed by atoms with Crippen molar-refractivity contribution in [1.82, 2.24) is 9.97 Å². The van der Waals surface area contributed by atoms with Gasteiger partial charge in [0.25, 0.3) is 5.91 Å². The zero-order valence-electron chi connectivity index (χ0n) is 16.7. The van der Waals surface area contributed by atoms with E-state index in [0.29, 0.717) is 17.6 Å². The number of carbonyl (C=O) groups is 1. The van der Waals surface area contributed by atoms with Crippen LogP contribution in [0, 0.1) is 6.92 Å². The Balaban J connectivity index is 1.40. The average molecular weight is 386 g/mol. The smallest absolute Gasteiger partial charge is 0.255 e. The molecule has 1 amide bonds. The van der Waals surface area contributed by atoms with Crippen LogP contribution in [0.25, 0.3) is 11.1 Å². The van der Waals surface area contributed by atoms with Crippen LogP contribution in [-0.4, -0.2) is 21.9 Å². The van der Waals surface area contributed by atoms with Gasteiger partial charge in [0.2, 0.25) is 5.95 Å². The third-order valence-corrected chi connectivity index (χ3v) is 5.35. The molecule has 5 heteroatoms. The van der Waals surface area contributed by atoms with Gasteiger partial charge in [0.05, 0.1) is 0 Å². The number of anilines is 2. The highest BCUT2D eigenvalue weighted by atomic mass is 16.1. The monoisotopic (exact) mass is 386 g/mol. The number of aromatic nitrogens is 2. The highest BCUT2D eigenvalue weighted by Gasteiger charge is 2.14. The summed E-state index contributed by atoms with van der Waals surface area (Å²) in [6.07, 6.45) is 9.93. The number of benzene rings is 2. The van der Waals surface area contributed by atoms with E-state index in [4.69, 9.17) is 0 Å². The summed E-state index contributed by atoms with van der Waals surface area (Å²) in [7, 11) is 0. The first kappa shape index (κ1) is 19.1. The highest BCUT2D eigenvalue weighted by molar-refractivity contribution is 6.04. The van der Waals surface area contributed by atoms with Gasteiger partial charge < -0.3 is 10.6 Å². The van der Waals surface area contributed by atoms with Crippen molar-refractivity contribution in [2.24, 2.45) is 0 Å². The Morgan fingerprint density at radius 2 is 1.66 bits per heavy atom. The Hall–Kier alpha value is -3.21. The number of nitrogens with zero attached hydrogens (tertiary/aromatic N) is 2. The molecule has 3 aromatic rings. The number of amides is 1. The topological polar surface area (TPSA) is 66.9 Å². The molecule has 148 valence electrons. The minimum atomic E-state index is -0.120. The molecule has 0 radical (unpaired) electrons. The summed E-state index contributed by atoms with van der Waals surface area (Å²) in [6, 6.07) is 15.8. The van der Waals surface area contributed by atoms with Crippen LogP contribution in [0.5, 0.6) is 0 Å². The van der Waals surface area contributed by atoms with Crippen LogP contribution >= 0.6 is 0 Å². The first-order chi connectivity index (χ1) is 14.2. The van der Waals surface area contributed by atoms with Gasteiger partial charge in [-0.25, -0.2) is 9.97 Å². The minimum Gasteiger partial charge on any atom is -0.351 e. The van der Waals surface area contributed by atoms with Gasteiger partial charge in [-0.2, -0.15) is 0 Å². The molecule has 1 aromatic heterocycles. The standard InChI is InChI=1S/C24H26N4O/c1-17-6-5-9-22(14-17)27-23(29)19-12-10-18(11-13-19)20-15-25-24(26-16-20)28-21-7-3-2-4-8-21/h5-6,9-16,21H,2-4,7-8H2,1H3,(H,27,29)(H,25,26,28). The largest absolute Gasteiger partial charge is 0.351 e. The Morgan fingerprint density at radius 3 is 2.34 bits per heavy atom. The van der Waals surface area contributed by atoms with E-state index in [0.717, 1.165) is 22.4 Å². The Morgan fingerprint density at radius 1 is 0.931 bits per heavy atom. The number of hydrogen-bond donors (Lipinski definition) is 2. The van der Waals surface area contributed by atoms with Crippen molar-refractivity contribution in [3.63, 3.8) is 0 Å². The van der Waals surface area contributed by atoms with Crippen molar-refractivity contribution in [3.8, 4) is 11.1 Å². The number of nitrogens with one attached hydrogen (secondary N) is 2. The summed E-state index contributed by atoms with van der Waals surface area (Å²) < 4.78 is 0. The molecule has 29 heavy (non-hydrogen) atoms. The molecule has 5 nitrogen and oxygen atoms in total. The molecule has 1 saturated carbocycles. The van der Waals surface area contributed by atoms with Gasteiger partial charge in [-0.3, -0.25) is 4.79 Å². The maximum atomic E-state index is 12.5. The quantitative estimate of drug-likeness (QED) is 0.612. The molecule has 2 aromatic carbocycles. The third-order valence-electron chi connectivity index (χ3n) is 5.35. The van der Waals surface area contributed by atoms with Crippen molar-refractivity contribution < 1.29 is 4.79 Å². The van der Waals surface area contributed by atoms with Crippen LogP contribution < -0.4 is 10.6 Å². The lowest BCUT2D eigenvalue weighted by Gasteiger charge is -2.22. The molecule has 4 rings (SSSR count). The number of hydrogen-bond acceptors (Lipinski definition) is 4. The second-order valence-electron chi connectivity index (χ2n) is 7.68. The Kier molecular flexibility index (Phi) is 5.84. The van der Waals surface area contributed by atoms with Crippen LogP contribution in [0.3, 0.4) is 0 Å². The van der Waals surface area contributed by atoms with E-state index in [2.05, 4.69) is 20.6 Å². The van der Waals surface area contributed by atoms with Crippen molar-refractivity contribution in [2.45, 2.75) is 45.1 Å². The maximum absolute atomic E-state index is 12.5. The molecule has 0 spiro atoms. The van der Waals surface area contributed by atoms with E-state index in [1.165, 1.54) is 32.1 Å². The van der Waals surface area contributed by atoms with Gasteiger partial charge in [0.1, 0.15) is 0 Å². The molecule has 0 saturated heterocycles. The molecule has 0 bridgehead atoms. The van der Waals surface area contributed by atoms with Crippen molar-refractivity contribution >= 4 is 17.5 Å². The van der Waals surface area contributed by atoms with Crippen LogP contribution in [0.4, 0.5) is 11.6 Å². The number of rotatable bonds is 5. The zero-order chi connectivity index (χ0) is 20.1. The van der Waals surface area contributed by atoms with Crippen molar-refractivity contribution in [3.05, 3.63) is 72.1 Å². The molecular formula is C24H26N4O. The highest BCUT2D eigenvalue weighted by Crippen LogP contribution is 2.22. The van der Waals surface area contributed by atoms with Gasteiger partial charge in [-0.15, -0.1) is 0 Å². The number of carbonyl (C=O) groups excluding carboxylic acids is 1. The van der Waals surface area contributed by atoms with Gasteiger partial charge in [0.15, 0.2) is 0 Å². The summed E-state index contributed by atoms with van der Waals surface area (Å²) in [5.41, 5.74) is 4.45. The lowest BCUT2D eigenvalue weighted by atomic mass is 9.96. The van der Waals surface area contributed by atoms with Gasteiger partial charge in [0, 0.05) is 35.2 Å². The van der Waals surface area contributed by atoms with Gasteiger partial charge in [-0.1, -0.05) is 43.5 Å². The normalized spacial score (nSPS) is 14.4. The Labute approximate surface area is 171 Å². The molecule has 1 aliphatic rings. The second-order valence-corrected chi connectivity index (χ2v) is 7.68. The first-order valence-electron chi connectivity index (χ1n) is 10.2. The minimum absolute atomic E-state index is 0.120. The maximum Gasteiger partial charge on any atom is 0.255 e. The fraction of sp³-hybridized carbons (Fsp3) is 0.292. The lowest BCUT2D eigenvalue weighted by Crippen LogP contribution is -2.23. The summed E-state index contributed by atoms with van der Waals surface area (Å²) in [6.45, 7) is 2.00. The second kappa shape index (κ2) is 8.86. The van der Waals surface area contributed by atoms with Crippen LogP contribution in [0.15, 0.2) is 60.9 Å². The fourth-order valence-corrected chi connectivity index (χ4v) is 3.72. The first-order valence-corrected chi connectivity index (χ1v) is 10.2. The molecular weight excluding hydrogens is 360 g/mol. The molecule has 2 N–H and O–H groups in total. The van der Waals surface area contributed by atoms with E-state index < -0.39 is 0 Å². The summed E-state index contributed by atoms with van der Waals surface area (Å²) in [5.74, 6) is 0.570. The van der Waals surface area contributed by atoms with E-state index in [1.54, 1.807) is 0 Å². The zero-order valence-corrected chi connectivity index (χ0v) is 16.7. The molecule has 0 atom stereocenters. The predicted octanol–water partition coefficient (Wildman–Crippen LogP) is 5.45. The van der Waals surface area contributed by atoms with Crippen LogP contribution in [0.2, 0.25) is 0 Å². The summed E-state index contributed by atoms with van der Waals surface area (Å²) >= 11 is 0. The van der Waals surface area contributed by atoms with E-state index in [9.17, 15) is 4.79 Å². The average Bonchev–Trinajstić information content (AvgIpc) is 2.75. The SMILES string of the molecule is Cc1cccc(NC(=O)c2ccc(-c3cnc(NC4CCCCC4)nc3)cc2)c1. The molecule has 1 aliphatic carbocycles. The van der Waals surface area contributed by atoms with Crippen molar-refractivity contribution in [2.75, 3.05) is 10.6 Å². The summed E-state index contributed by atoms with van der Waals surface area (Å²) in [4.78, 5) is 21.4. The van der Waals surface area contributed by atoms with E-state index in [-0.39, 0.29) is 5.91 Å². The van der Waals surface area contributed by atoms with Gasteiger partial charge >= 0.3 is 0 Å². The third kappa shape index (κ3) is 4.99. The van der Waals surface area contributed by atoms with E-state index >= 15 is 0 Å². The lowest BCUT2D eigenvalue weighted by molar-refractivity contribution is 0.102. The Bertz CT molecular complexity index is 961. The molecule has 1 heterocycles. The van der Waals surface area contributed by atoms with Crippen molar-refractivity contribution in [1.29, 1.82) is 0 Å². The molecule has 0 unspecified atom stereocenters. The van der Waals surface area contributed by atoms with Gasteiger partial charge in [-0.05, 0) is 55.2 Å². The summed E-state index contributed by atoms with van der Waals surface area (Å²) in [5, 5.41) is 6.37. The van der Waals surface area contributed by atoms with E-state index in [1.807, 2.05) is 67.8 Å². The predicted molar refractivity (Wildman–Crippen MR) is 117 cm³/mol. The fourth-order valence-electron chi connectivity index (χ4n) is 3.72. The number of aryl methyl sites for hydroxylation is 1.